The smallest absolute Gasteiger partial charge is 0.450 e. The molecular weight excluding hydrogens is 292 g/mol. The van der Waals surface area contributed by atoms with Gasteiger partial charge in [-0.2, -0.15) is 0 Å². The zero-order valence-electron chi connectivity index (χ0n) is 12.4. The van der Waals surface area contributed by atoms with Gasteiger partial charge in [-0.1, -0.05) is 20.8 Å². The van der Waals surface area contributed by atoms with Crippen LogP contribution < -0.4 is 5.32 Å². The lowest BCUT2D eigenvalue weighted by Gasteiger charge is -2.19. The molecule has 2 N–H and O–H groups in total. The van der Waals surface area contributed by atoms with Gasteiger partial charge in [0.25, 0.3) is 0 Å². The van der Waals surface area contributed by atoms with E-state index in [0.717, 1.165) is 17.7 Å². The predicted octanol–water partition coefficient (Wildman–Crippen LogP) is 3.59. The minimum absolute atomic E-state index is 0.0794. The molecule has 1 aliphatic carbocycles. The molecule has 0 fully saturated rings. The Balaban J connectivity index is 2.09. The summed E-state index contributed by atoms with van der Waals surface area (Å²) in [4.78, 5) is 28.0. The van der Waals surface area contributed by atoms with Crippen LogP contribution in [-0.4, -0.2) is 22.2 Å². The fraction of sp³-hybridized carbons (Fsp3) is 0.643. The monoisotopic (exact) mass is 312 g/mol. The Labute approximate surface area is 127 Å². The number of aryl methyl sites for hydroxylation is 1. The number of fused-ring (bicyclic) bond motifs is 1. The first-order chi connectivity index (χ1) is 9.74. The summed E-state index contributed by atoms with van der Waals surface area (Å²) in [5.41, 5.74) is 0.565. The molecular formula is C14H20N2O4S. The van der Waals surface area contributed by atoms with Crippen LogP contribution in [0.25, 0.3) is 0 Å². The van der Waals surface area contributed by atoms with Crippen molar-refractivity contribution in [2.75, 3.05) is 5.32 Å². The van der Waals surface area contributed by atoms with Gasteiger partial charge in [0, 0.05) is 11.3 Å². The molecule has 7 heteroatoms. The number of carbonyl (C=O) groups excluding carboxylic acids is 1. The molecule has 0 saturated heterocycles. The van der Waals surface area contributed by atoms with Crippen LogP contribution >= 0.6 is 11.3 Å². The van der Waals surface area contributed by atoms with Crippen LogP contribution in [-0.2, 0) is 16.0 Å². The Morgan fingerprint density at radius 2 is 2.19 bits per heavy atom. The molecule has 1 amide bonds. The molecule has 21 heavy (non-hydrogen) atoms. The second-order valence-corrected chi connectivity index (χ2v) is 7.46. The minimum Gasteiger partial charge on any atom is -0.450 e. The average molecular weight is 312 g/mol. The van der Waals surface area contributed by atoms with Crippen molar-refractivity contribution in [1.82, 2.24) is 4.98 Å². The summed E-state index contributed by atoms with van der Waals surface area (Å²) in [7, 11) is 0. The van der Waals surface area contributed by atoms with E-state index in [1.807, 2.05) is 20.8 Å². The van der Waals surface area contributed by atoms with Gasteiger partial charge in [-0.25, -0.2) is 9.78 Å². The van der Waals surface area contributed by atoms with Gasteiger partial charge in [-0.3, -0.25) is 4.79 Å². The molecule has 0 aliphatic heterocycles. The molecule has 2 rings (SSSR count). The van der Waals surface area contributed by atoms with Crippen LogP contribution in [0, 0.1) is 5.41 Å². The summed E-state index contributed by atoms with van der Waals surface area (Å²) in [5.74, 6) is -0.0794. The highest BCUT2D eigenvalue weighted by molar-refractivity contribution is 7.15. The summed E-state index contributed by atoms with van der Waals surface area (Å²) in [6.07, 6.45) is 0.949. The summed E-state index contributed by atoms with van der Waals surface area (Å²) in [6.45, 7) is 5.99. The van der Waals surface area contributed by atoms with Gasteiger partial charge < -0.3 is 15.2 Å². The van der Waals surface area contributed by atoms with Crippen molar-refractivity contribution in [3.8, 4) is 0 Å². The van der Waals surface area contributed by atoms with Crippen molar-refractivity contribution in [2.45, 2.75) is 52.6 Å². The van der Waals surface area contributed by atoms with E-state index in [4.69, 9.17) is 9.84 Å². The molecule has 0 radical (unpaired) electrons. The number of carboxylic acid groups (broad SMARTS) is 1. The molecule has 0 spiro atoms. The SMILES string of the molecule is CC(C)(C)CC(=O)Nc1nc2c(s1)CCCC2OC(=O)O. The van der Waals surface area contributed by atoms with E-state index >= 15 is 0 Å². The molecule has 1 atom stereocenters. The number of aromatic nitrogens is 1. The zero-order valence-corrected chi connectivity index (χ0v) is 13.2. The molecule has 1 aromatic heterocycles. The average Bonchev–Trinajstić information content (AvgIpc) is 2.68. The highest BCUT2D eigenvalue weighted by atomic mass is 32.1. The Morgan fingerprint density at radius 1 is 1.48 bits per heavy atom. The first kappa shape index (κ1) is 15.8. The van der Waals surface area contributed by atoms with E-state index in [2.05, 4.69) is 10.3 Å². The van der Waals surface area contributed by atoms with E-state index < -0.39 is 12.3 Å². The Hall–Kier alpha value is -1.63. The highest BCUT2D eigenvalue weighted by Crippen LogP contribution is 2.37. The number of nitrogens with zero attached hydrogens (tertiary/aromatic N) is 1. The summed E-state index contributed by atoms with van der Waals surface area (Å²) in [6, 6.07) is 0. The number of anilines is 1. The van der Waals surface area contributed by atoms with Crippen LogP contribution in [0.5, 0.6) is 0 Å². The van der Waals surface area contributed by atoms with Crippen LogP contribution in [0.3, 0.4) is 0 Å². The quantitative estimate of drug-likeness (QED) is 0.833. The first-order valence-electron chi connectivity index (χ1n) is 6.93. The Bertz CT molecular complexity index is 548. The van der Waals surface area contributed by atoms with Gasteiger partial charge in [0.2, 0.25) is 5.91 Å². The van der Waals surface area contributed by atoms with Crippen molar-refractivity contribution in [3.63, 3.8) is 0 Å². The van der Waals surface area contributed by atoms with Crippen molar-refractivity contribution in [1.29, 1.82) is 0 Å². The number of nitrogens with one attached hydrogen (secondary N) is 1. The second kappa shape index (κ2) is 6.01. The van der Waals surface area contributed by atoms with E-state index in [1.54, 1.807) is 0 Å². The second-order valence-electron chi connectivity index (χ2n) is 6.38. The third kappa shape index (κ3) is 4.42. The Kier molecular flexibility index (Phi) is 4.51. The van der Waals surface area contributed by atoms with Crippen molar-refractivity contribution < 1.29 is 19.4 Å². The Morgan fingerprint density at radius 3 is 2.81 bits per heavy atom. The standard InChI is InChI=1S/C14H20N2O4S/c1-14(2,3)7-10(17)15-12-16-11-8(20-13(18)19)5-4-6-9(11)21-12/h8H,4-7H2,1-3H3,(H,18,19)(H,15,16,17). The molecule has 1 aliphatic rings. The molecule has 116 valence electrons. The third-order valence-corrected chi connectivity index (χ3v) is 4.13. The van der Waals surface area contributed by atoms with Crippen LogP contribution in [0.15, 0.2) is 0 Å². The van der Waals surface area contributed by atoms with Crippen LogP contribution in [0.1, 0.15) is 56.7 Å². The zero-order chi connectivity index (χ0) is 15.6. The number of hydrogen-bond acceptors (Lipinski definition) is 5. The molecule has 1 heterocycles. The lowest BCUT2D eigenvalue weighted by atomic mass is 9.92. The topological polar surface area (TPSA) is 88.5 Å². The maximum Gasteiger partial charge on any atom is 0.506 e. The summed E-state index contributed by atoms with van der Waals surface area (Å²) in [5, 5.41) is 12.1. The lowest BCUT2D eigenvalue weighted by Crippen LogP contribution is -2.19. The maximum atomic E-state index is 11.9. The number of amides is 1. The number of carbonyl (C=O) groups is 2. The molecule has 1 aromatic rings. The van der Waals surface area contributed by atoms with Gasteiger partial charge >= 0.3 is 6.16 Å². The van der Waals surface area contributed by atoms with Crippen LogP contribution in [0.4, 0.5) is 9.93 Å². The first-order valence-corrected chi connectivity index (χ1v) is 7.75. The predicted molar refractivity (Wildman–Crippen MR) is 79.6 cm³/mol. The number of rotatable bonds is 3. The summed E-state index contributed by atoms with van der Waals surface area (Å²) >= 11 is 1.40. The van der Waals surface area contributed by atoms with Gasteiger partial charge in [0.05, 0.1) is 5.69 Å². The molecule has 0 aromatic carbocycles. The molecule has 0 bridgehead atoms. The van der Waals surface area contributed by atoms with E-state index in [-0.39, 0.29) is 11.3 Å². The van der Waals surface area contributed by atoms with E-state index in [0.29, 0.717) is 23.7 Å². The maximum absolute atomic E-state index is 11.9. The molecule has 0 saturated carbocycles. The number of ether oxygens (including phenoxy) is 1. The van der Waals surface area contributed by atoms with Crippen molar-refractivity contribution in [2.24, 2.45) is 5.41 Å². The third-order valence-electron chi connectivity index (χ3n) is 3.08. The van der Waals surface area contributed by atoms with Gasteiger partial charge in [-0.15, -0.1) is 11.3 Å². The van der Waals surface area contributed by atoms with Gasteiger partial charge in [-0.05, 0) is 24.7 Å². The van der Waals surface area contributed by atoms with Crippen molar-refractivity contribution in [3.05, 3.63) is 10.6 Å². The summed E-state index contributed by atoms with van der Waals surface area (Å²) < 4.78 is 4.86. The number of thiazole rings is 1. The lowest BCUT2D eigenvalue weighted by molar-refractivity contribution is -0.117. The number of hydrogen-bond donors (Lipinski definition) is 2. The highest BCUT2D eigenvalue weighted by Gasteiger charge is 2.28. The van der Waals surface area contributed by atoms with E-state index in [1.165, 1.54) is 11.3 Å². The van der Waals surface area contributed by atoms with Crippen molar-refractivity contribution >= 4 is 28.5 Å². The fourth-order valence-corrected chi connectivity index (χ4v) is 3.38. The molecule has 6 nitrogen and oxygen atoms in total. The fourth-order valence-electron chi connectivity index (χ4n) is 2.31. The largest absolute Gasteiger partial charge is 0.506 e. The molecule has 1 unspecified atom stereocenters. The minimum atomic E-state index is -1.29. The normalized spacial score (nSPS) is 18.0. The van der Waals surface area contributed by atoms with E-state index in [9.17, 15) is 9.59 Å². The van der Waals surface area contributed by atoms with Crippen LogP contribution in [0.2, 0.25) is 0 Å². The van der Waals surface area contributed by atoms with Gasteiger partial charge in [0.1, 0.15) is 6.10 Å². The van der Waals surface area contributed by atoms with Gasteiger partial charge in [0.15, 0.2) is 5.13 Å².